The topological polar surface area (TPSA) is 47.4 Å². The second-order valence-electron chi connectivity index (χ2n) is 7.57. The Kier molecular flexibility index (Phi) is 7.38. The molecule has 160 valence electrons. The number of aryl methyl sites for hydroxylation is 1. The number of carbonyl (C=O) groups is 1. The van der Waals surface area contributed by atoms with Crippen molar-refractivity contribution in [2.24, 2.45) is 0 Å². The number of rotatable bonds is 9. The van der Waals surface area contributed by atoms with E-state index in [0.29, 0.717) is 18.7 Å². The van der Waals surface area contributed by atoms with E-state index in [-0.39, 0.29) is 5.97 Å². The summed E-state index contributed by atoms with van der Waals surface area (Å²) in [5, 5.41) is 0.734. The lowest BCUT2D eigenvalue weighted by Crippen LogP contribution is -2.18. The van der Waals surface area contributed by atoms with Crippen LogP contribution in [0.5, 0.6) is 0 Å². The Hall–Kier alpha value is -2.53. The highest BCUT2D eigenvalue weighted by Crippen LogP contribution is 2.26. The Labute approximate surface area is 183 Å². The van der Waals surface area contributed by atoms with E-state index in [2.05, 4.69) is 40.6 Å². The number of carbonyl (C=O) groups excluding carboxylic acids is 1. The van der Waals surface area contributed by atoms with Gasteiger partial charge in [-0.2, -0.15) is 0 Å². The second kappa shape index (κ2) is 9.98. The van der Waals surface area contributed by atoms with Gasteiger partial charge < -0.3 is 14.2 Å². The molecule has 3 aromatic rings. The van der Waals surface area contributed by atoms with Gasteiger partial charge in [0, 0.05) is 24.3 Å². The summed E-state index contributed by atoms with van der Waals surface area (Å²) in [4.78, 5) is 19.0. The van der Waals surface area contributed by atoms with E-state index in [1.165, 1.54) is 19.3 Å². The normalized spacial score (nSPS) is 11.1. The van der Waals surface area contributed by atoms with Crippen LogP contribution in [0.25, 0.3) is 11.0 Å². The fourth-order valence-electron chi connectivity index (χ4n) is 3.58. The highest BCUT2D eigenvalue weighted by Gasteiger charge is 2.14. The zero-order valence-corrected chi connectivity index (χ0v) is 19.0. The van der Waals surface area contributed by atoms with Gasteiger partial charge >= 0.3 is 5.97 Å². The number of hydrogen-bond donors (Lipinski definition) is 0. The fraction of sp³-hybridized carbons (Fsp3) is 0.417. The standard InChI is InChI=1S/C24H30ClN3O2/c1-5-7-8-13-27(4)20-11-9-19(21(25)15-20)16-28-17(3)26-22-12-10-18(14-23(22)28)24(29)30-6-2/h9-12,14-15H,5-8,13,16H2,1-4H3. The van der Waals surface area contributed by atoms with Gasteiger partial charge in [0.25, 0.3) is 0 Å². The number of nitrogens with zero attached hydrogens (tertiary/aromatic N) is 3. The molecule has 0 radical (unpaired) electrons. The minimum Gasteiger partial charge on any atom is -0.462 e. The summed E-state index contributed by atoms with van der Waals surface area (Å²) in [6.45, 7) is 7.94. The first kappa shape index (κ1) is 22.2. The highest BCUT2D eigenvalue weighted by atomic mass is 35.5. The molecule has 1 aromatic heterocycles. The number of anilines is 1. The molecule has 0 N–H and O–H groups in total. The van der Waals surface area contributed by atoms with Crippen LogP contribution in [0.3, 0.4) is 0 Å². The first-order chi connectivity index (χ1) is 14.4. The molecule has 0 spiro atoms. The summed E-state index contributed by atoms with van der Waals surface area (Å²) in [6, 6.07) is 11.7. The van der Waals surface area contributed by atoms with Crippen LogP contribution in [0.15, 0.2) is 36.4 Å². The number of halogens is 1. The summed E-state index contributed by atoms with van der Waals surface area (Å²) in [6.07, 6.45) is 3.62. The second-order valence-corrected chi connectivity index (χ2v) is 7.98. The minimum absolute atomic E-state index is 0.321. The molecule has 3 rings (SSSR count). The lowest BCUT2D eigenvalue weighted by atomic mass is 10.1. The third-order valence-electron chi connectivity index (χ3n) is 5.35. The van der Waals surface area contributed by atoms with Crippen molar-refractivity contribution in [3.05, 3.63) is 58.4 Å². The quantitative estimate of drug-likeness (QED) is 0.317. The van der Waals surface area contributed by atoms with Crippen LogP contribution in [0, 0.1) is 6.92 Å². The van der Waals surface area contributed by atoms with E-state index in [0.717, 1.165) is 39.7 Å². The van der Waals surface area contributed by atoms with Crippen LogP contribution in [0.4, 0.5) is 5.69 Å². The molecule has 0 saturated carbocycles. The van der Waals surface area contributed by atoms with Gasteiger partial charge in [0.1, 0.15) is 5.82 Å². The van der Waals surface area contributed by atoms with Crippen molar-refractivity contribution in [1.82, 2.24) is 9.55 Å². The van der Waals surface area contributed by atoms with Gasteiger partial charge in [0.15, 0.2) is 0 Å². The van der Waals surface area contributed by atoms with Crippen LogP contribution in [-0.4, -0.2) is 35.7 Å². The summed E-state index contributed by atoms with van der Waals surface area (Å²) >= 11 is 6.64. The molecular formula is C24H30ClN3O2. The van der Waals surface area contributed by atoms with Crippen molar-refractivity contribution in [3.8, 4) is 0 Å². The molecule has 0 atom stereocenters. The van der Waals surface area contributed by atoms with E-state index in [1.54, 1.807) is 13.0 Å². The monoisotopic (exact) mass is 427 g/mol. The molecule has 5 nitrogen and oxygen atoms in total. The Morgan fingerprint density at radius 2 is 1.97 bits per heavy atom. The Balaban J connectivity index is 1.85. The van der Waals surface area contributed by atoms with E-state index in [4.69, 9.17) is 16.3 Å². The average molecular weight is 428 g/mol. The van der Waals surface area contributed by atoms with Gasteiger partial charge in [0.05, 0.1) is 29.7 Å². The van der Waals surface area contributed by atoms with Crippen LogP contribution in [0.2, 0.25) is 5.02 Å². The first-order valence-electron chi connectivity index (χ1n) is 10.6. The number of benzene rings is 2. The third kappa shape index (κ3) is 4.96. The van der Waals surface area contributed by atoms with Gasteiger partial charge in [-0.1, -0.05) is 37.4 Å². The Morgan fingerprint density at radius 3 is 2.67 bits per heavy atom. The van der Waals surface area contributed by atoms with Crippen molar-refractivity contribution in [2.45, 2.75) is 46.6 Å². The van der Waals surface area contributed by atoms with Crippen LogP contribution >= 0.6 is 11.6 Å². The maximum Gasteiger partial charge on any atom is 0.338 e. The molecule has 6 heteroatoms. The summed E-state index contributed by atoms with van der Waals surface area (Å²) in [7, 11) is 2.10. The van der Waals surface area contributed by atoms with Gasteiger partial charge in [-0.15, -0.1) is 0 Å². The number of esters is 1. The fourth-order valence-corrected chi connectivity index (χ4v) is 3.82. The van der Waals surface area contributed by atoms with Crippen molar-refractivity contribution >= 4 is 34.3 Å². The summed E-state index contributed by atoms with van der Waals surface area (Å²) in [5.74, 6) is 0.557. The van der Waals surface area contributed by atoms with Crippen molar-refractivity contribution in [1.29, 1.82) is 0 Å². The number of hydrogen-bond acceptors (Lipinski definition) is 4. The van der Waals surface area contributed by atoms with Crippen molar-refractivity contribution in [2.75, 3.05) is 25.1 Å². The average Bonchev–Trinajstić information content (AvgIpc) is 3.04. The lowest BCUT2D eigenvalue weighted by Gasteiger charge is -2.20. The third-order valence-corrected chi connectivity index (χ3v) is 5.71. The zero-order chi connectivity index (χ0) is 21.7. The number of ether oxygens (including phenoxy) is 1. The maximum absolute atomic E-state index is 12.1. The lowest BCUT2D eigenvalue weighted by molar-refractivity contribution is 0.0526. The minimum atomic E-state index is -0.321. The molecule has 0 unspecified atom stereocenters. The van der Waals surface area contributed by atoms with Gasteiger partial charge in [-0.3, -0.25) is 0 Å². The molecule has 0 aliphatic carbocycles. The van der Waals surface area contributed by atoms with Crippen LogP contribution in [0.1, 0.15) is 54.9 Å². The molecule has 0 saturated heterocycles. The van der Waals surface area contributed by atoms with E-state index in [1.807, 2.05) is 25.1 Å². The summed E-state index contributed by atoms with van der Waals surface area (Å²) in [5.41, 5.74) is 4.42. The van der Waals surface area contributed by atoms with Crippen LogP contribution in [-0.2, 0) is 11.3 Å². The molecule has 0 aliphatic heterocycles. The molecule has 2 aromatic carbocycles. The first-order valence-corrected chi connectivity index (χ1v) is 11.0. The van der Waals surface area contributed by atoms with Crippen LogP contribution < -0.4 is 4.90 Å². The van der Waals surface area contributed by atoms with E-state index in [9.17, 15) is 4.79 Å². The number of unbranched alkanes of at least 4 members (excludes halogenated alkanes) is 2. The summed E-state index contributed by atoms with van der Waals surface area (Å²) < 4.78 is 7.22. The van der Waals surface area contributed by atoms with Gasteiger partial charge in [-0.25, -0.2) is 9.78 Å². The smallest absolute Gasteiger partial charge is 0.338 e. The zero-order valence-electron chi connectivity index (χ0n) is 18.2. The maximum atomic E-state index is 12.1. The van der Waals surface area contributed by atoms with Gasteiger partial charge in [0.2, 0.25) is 0 Å². The SMILES string of the molecule is CCCCCN(C)c1ccc(Cn2c(C)nc3ccc(C(=O)OCC)cc32)c(Cl)c1. The van der Waals surface area contributed by atoms with E-state index < -0.39 is 0 Å². The predicted octanol–water partition coefficient (Wildman–Crippen LogP) is 5.85. The molecule has 1 heterocycles. The number of aromatic nitrogens is 2. The molecule has 0 fully saturated rings. The van der Waals surface area contributed by atoms with E-state index >= 15 is 0 Å². The van der Waals surface area contributed by atoms with Gasteiger partial charge in [-0.05, 0) is 56.2 Å². The van der Waals surface area contributed by atoms with Crippen molar-refractivity contribution in [3.63, 3.8) is 0 Å². The molecular weight excluding hydrogens is 398 g/mol. The highest BCUT2D eigenvalue weighted by molar-refractivity contribution is 6.31. The molecule has 0 aliphatic rings. The molecule has 0 bridgehead atoms. The number of fused-ring (bicyclic) bond motifs is 1. The number of imidazole rings is 1. The molecule has 30 heavy (non-hydrogen) atoms. The van der Waals surface area contributed by atoms with Crippen molar-refractivity contribution < 1.29 is 9.53 Å². The Morgan fingerprint density at radius 1 is 1.17 bits per heavy atom. The molecule has 0 amide bonds. The predicted molar refractivity (Wildman–Crippen MR) is 124 cm³/mol. The largest absolute Gasteiger partial charge is 0.462 e. The Bertz CT molecular complexity index is 1030.